The molecule has 2 unspecified atom stereocenters. The van der Waals surface area contributed by atoms with Crippen LogP contribution in [0.3, 0.4) is 0 Å². The zero-order chi connectivity index (χ0) is 30.3. The number of methoxy groups -OCH3 is 1. The first kappa shape index (κ1) is 30.7. The van der Waals surface area contributed by atoms with E-state index in [4.69, 9.17) is 9.29 Å². The summed E-state index contributed by atoms with van der Waals surface area (Å²) >= 11 is 0. The molecular formula is C26H33N7O8S. The molecule has 0 spiro atoms. The number of oxime groups is 1. The van der Waals surface area contributed by atoms with Crippen LogP contribution in [-0.2, 0) is 29.2 Å². The Bertz CT molecular complexity index is 1460. The van der Waals surface area contributed by atoms with Crippen LogP contribution in [0.1, 0.15) is 17.3 Å². The van der Waals surface area contributed by atoms with Crippen molar-refractivity contribution in [2.75, 3.05) is 45.4 Å². The largest absolute Gasteiger partial charge is 0.534 e. The molecule has 2 aliphatic rings. The molecule has 0 aliphatic carbocycles. The van der Waals surface area contributed by atoms with Gasteiger partial charge in [0, 0.05) is 25.0 Å². The fraction of sp³-hybridized carbons (Fsp3) is 0.385. The standard InChI is InChI=1S/C19H25N7O5.C7H8O3S/c1-25(7-6-23-31-18(28)29-2)8-9-30-11-19-16(26(19)14-10-20-12-22-14)15(24-17(19)27)13-4-3-5-21-13;1-6-2-4-7(5-3-6)11(8,9)10/h3-6,10,12,15-16,21H,7-9,11H2,1-2H3,(H,20,22)(H,24,27);2-5H,1H3,(H,8,9,10)/t15?,16?,19-,26?;/m1./s1. The number of likely N-dealkylation sites (N-methyl/N-ethyl adjacent to an activating group) is 1. The highest BCUT2D eigenvalue weighted by Crippen LogP contribution is 2.54. The first-order chi connectivity index (χ1) is 20.1. The number of carbonyl (C=O) groups excluding carboxylic acids is 2. The number of amides is 1. The Morgan fingerprint density at radius 2 is 2.02 bits per heavy atom. The van der Waals surface area contributed by atoms with Crippen molar-refractivity contribution in [2.24, 2.45) is 5.16 Å². The van der Waals surface area contributed by atoms with Gasteiger partial charge in [-0.3, -0.25) is 19.1 Å². The van der Waals surface area contributed by atoms with Crippen LogP contribution in [0.15, 0.2) is 65.2 Å². The highest BCUT2D eigenvalue weighted by molar-refractivity contribution is 7.85. The molecule has 0 saturated carbocycles. The van der Waals surface area contributed by atoms with Crippen molar-refractivity contribution in [2.45, 2.75) is 29.4 Å². The third-order valence-electron chi connectivity index (χ3n) is 6.85. The summed E-state index contributed by atoms with van der Waals surface area (Å²) in [5, 5.41) is 6.60. The zero-order valence-corrected chi connectivity index (χ0v) is 24.1. The SMILES string of the molecule is COC(=O)ON=CCN(C)CCOC[C@]12C(=O)NC(c3ccc[nH]3)C1N2c1cnc[nH]1.Cc1ccc(S(=O)(=O)O)cc1. The first-order valence-corrected chi connectivity index (χ1v) is 14.3. The van der Waals surface area contributed by atoms with E-state index in [0.717, 1.165) is 17.1 Å². The topological polar surface area (TPSA) is 191 Å². The minimum Gasteiger partial charge on any atom is -0.436 e. The van der Waals surface area contributed by atoms with Gasteiger partial charge in [-0.25, -0.2) is 9.78 Å². The molecule has 3 atom stereocenters. The number of rotatable bonds is 11. The van der Waals surface area contributed by atoms with E-state index in [1.54, 1.807) is 24.7 Å². The van der Waals surface area contributed by atoms with E-state index in [2.05, 4.69) is 35.0 Å². The maximum Gasteiger partial charge on any atom is 0.534 e. The van der Waals surface area contributed by atoms with Gasteiger partial charge in [0.25, 0.3) is 16.0 Å². The van der Waals surface area contributed by atoms with Crippen LogP contribution < -0.4 is 10.2 Å². The van der Waals surface area contributed by atoms with Gasteiger partial charge in [-0.1, -0.05) is 22.9 Å². The molecule has 2 saturated heterocycles. The molecule has 2 aliphatic heterocycles. The second-order valence-corrected chi connectivity index (χ2v) is 11.1. The summed E-state index contributed by atoms with van der Waals surface area (Å²) in [5.74, 6) is 0.728. The van der Waals surface area contributed by atoms with Gasteiger partial charge >= 0.3 is 6.16 Å². The number of aryl methyl sites for hydroxylation is 1. The normalized spacial score (nSPS) is 21.1. The van der Waals surface area contributed by atoms with Crippen molar-refractivity contribution in [1.82, 2.24) is 25.2 Å². The molecule has 3 aromatic rings. The number of carbonyl (C=O) groups is 2. The average Bonchev–Trinajstić information content (AvgIpc) is 3.45. The van der Waals surface area contributed by atoms with E-state index >= 15 is 0 Å². The van der Waals surface area contributed by atoms with E-state index in [9.17, 15) is 18.0 Å². The van der Waals surface area contributed by atoms with Crippen molar-refractivity contribution >= 4 is 34.2 Å². The lowest BCUT2D eigenvalue weighted by Crippen LogP contribution is -2.41. The van der Waals surface area contributed by atoms with Crippen LogP contribution in [0.5, 0.6) is 0 Å². The number of imidazole rings is 1. The van der Waals surface area contributed by atoms with Gasteiger partial charge in [0.2, 0.25) is 0 Å². The van der Waals surface area contributed by atoms with Gasteiger partial charge in [-0.05, 0) is 38.2 Å². The number of piperazine rings is 1. The van der Waals surface area contributed by atoms with E-state index in [1.807, 2.05) is 42.1 Å². The number of H-pyrrole nitrogens is 2. The lowest BCUT2D eigenvalue weighted by Gasteiger charge is -2.20. The Morgan fingerprint density at radius 3 is 2.64 bits per heavy atom. The second-order valence-electron chi connectivity index (χ2n) is 9.69. The fourth-order valence-corrected chi connectivity index (χ4v) is 5.14. The third-order valence-corrected chi connectivity index (χ3v) is 7.71. The van der Waals surface area contributed by atoms with Gasteiger partial charge in [-0.2, -0.15) is 8.42 Å². The Kier molecular flexibility index (Phi) is 9.62. The van der Waals surface area contributed by atoms with E-state index in [1.165, 1.54) is 25.5 Å². The Labute approximate surface area is 242 Å². The molecular weight excluding hydrogens is 570 g/mol. The van der Waals surface area contributed by atoms with Gasteiger partial charge in [0.15, 0.2) is 5.54 Å². The maximum atomic E-state index is 13.0. The molecule has 1 amide bonds. The molecule has 2 aromatic heterocycles. The molecule has 4 N–H and O–H groups in total. The summed E-state index contributed by atoms with van der Waals surface area (Å²) in [7, 11) is -0.927. The highest BCUT2D eigenvalue weighted by atomic mass is 32.2. The molecule has 0 bridgehead atoms. The lowest BCUT2D eigenvalue weighted by atomic mass is 10.0. The van der Waals surface area contributed by atoms with E-state index < -0.39 is 21.8 Å². The predicted molar refractivity (Wildman–Crippen MR) is 151 cm³/mol. The summed E-state index contributed by atoms with van der Waals surface area (Å²) in [4.78, 5) is 42.5. The molecule has 42 heavy (non-hydrogen) atoms. The molecule has 16 heteroatoms. The lowest BCUT2D eigenvalue weighted by molar-refractivity contribution is -0.123. The van der Waals surface area contributed by atoms with Gasteiger partial charge < -0.3 is 29.7 Å². The van der Waals surface area contributed by atoms with E-state index in [-0.39, 0.29) is 29.5 Å². The highest BCUT2D eigenvalue weighted by Gasteiger charge is 2.76. The molecule has 2 fully saturated rings. The first-order valence-electron chi connectivity index (χ1n) is 12.9. The van der Waals surface area contributed by atoms with Crippen molar-refractivity contribution in [1.29, 1.82) is 0 Å². The average molecular weight is 604 g/mol. The number of anilines is 1. The van der Waals surface area contributed by atoms with Crippen LogP contribution in [-0.4, -0.2) is 103 Å². The number of aromatic nitrogens is 3. The quantitative estimate of drug-likeness (QED) is 0.0472. The molecule has 1 aromatic carbocycles. The van der Waals surface area contributed by atoms with Crippen LogP contribution in [0.25, 0.3) is 0 Å². The Balaban J connectivity index is 0.000000310. The number of ether oxygens (including phenoxy) is 2. The molecule has 0 radical (unpaired) electrons. The molecule has 4 heterocycles. The minimum atomic E-state index is -4.02. The zero-order valence-electron chi connectivity index (χ0n) is 23.3. The number of hydrogen-bond acceptors (Lipinski definition) is 11. The van der Waals surface area contributed by atoms with Crippen molar-refractivity contribution in [3.63, 3.8) is 0 Å². The van der Waals surface area contributed by atoms with Crippen molar-refractivity contribution < 1.29 is 36.9 Å². The maximum absolute atomic E-state index is 13.0. The summed E-state index contributed by atoms with van der Waals surface area (Å²) in [6, 6.07) is 9.64. The number of nitrogens with one attached hydrogen (secondary N) is 3. The van der Waals surface area contributed by atoms with Crippen molar-refractivity contribution in [3.8, 4) is 0 Å². The summed E-state index contributed by atoms with van der Waals surface area (Å²) < 4.78 is 39.8. The van der Waals surface area contributed by atoms with Gasteiger partial charge in [0.05, 0.1) is 56.0 Å². The molecule has 5 rings (SSSR count). The summed E-state index contributed by atoms with van der Waals surface area (Å²) in [5.41, 5.74) is 1.14. The molecule has 226 valence electrons. The van der Waals surface area contributed by atoms with Gasteiger partial charge in [-0.15, -0.1) is 0 Å². The van der Waals surface area contributed by atoms with Crippen LogP contribution >= 0.6 is 0 Å². The molecule has 15 nitrogen and oxygen atoms in total. The smallest absolute Gasteiger partial charge is 0.436 e. The van der Waals surface area contributed by atoms with Crippen LogP contribution in [0, 0.1) is 6.92 Å². The second kappa shape index (κ2) is 13.2. The van der Waals surface area contributed by atoms with Crippen molar-refractivity contribution in [3.05, 3.63) is 66.4 Å². The van der Waals surface area contributed by atoms with Gasteiger partial charge in [0.1, 0.15) is 5.82 Å². The van der Waals surface area contributed by atoms with E-state index in [0.29, 0.717) is 19.7 Å². The minimum absolute atomic E-state index is 0.0628. The Morgan fingerprint density at radius 1 is 1.26 bits per heavy atom. The summed E-state index contributed by atoms with van der Waals surface area (Å²) in [6.45, 7) is 3.59. The predicted octanol–water partition coefficient (Wildman–Crippen LogP) is 1.50. The number of hydrogen-bond donors (Lipinski definition) is 4. The third kappa shape index (κ3) is 6.96. The number of aromatic amines is 2. The number of fused-ring (bicyclic) bond motifs is 1. The monoisotopic (exact) mass is 603 g/mol. The fourth-order valence-electron chi connectivity index (χ4n) is 4.66. The summed E-state index contributed by atoms with van der Waals surface area (Å²) in [6.07, 6.45) is 5.74. The van der Waals surface area contributed by atoms with Crippen LogP contribution in [0.2, 0.25) is 0 Å². The Hall–Kier alpha value is -4.25. The number of benzene rings is 1. The number of nitrogens with zero attached hydrogens (tertiary/aromatic N) is 4. The van der Waals surface area contributed by atoms with Crippen LogP contribution in [0.4, 0.5) is 10.6 Å².